The van der Waals surface area contributed by atoms with Gasteiger partial charge in [-0.15, -0.1) is 0 Å². The molecule has 2 aromatic rings. The summed E-state index contributed by atoms with van der Waals surface area (Å²) in [6, 6.07) is 16.3. The van der Waals surface area contributed by atoms with Crippen molar-refractivity contribution in [2.24, 2.45) is 0 Å². The first-order valence-electron chi connectivity index (χ1n) is 8.66. The second-order valence-corrected chi connectivity index (χ2v) is 6.13. The normalized spacial score (nSPS) is 15.3. The Hall–Kier alpha value is -3.35. The zero-order valence-corrected chi connectivity index (χ0v) is 15.0. The SMILES string of the molecule is CNC(=O)[C@@H]1CN(C(=O)CNC(=O)Cc2ccccc2)c2ccccc2O1. The van der Waals surface area contributed by atoms with Gasteiger partial charge in [0.2, 0.25) is 11.8 Å². The van der Waals surface area contributed by atoms with Crippen molar-refractivity contribution in [3.63, 3.8) is 0 Å². The van der Waals surface area contributed by atoms with Crippen molar-refractivity contribution >= 4 is 23.4 Å². The van der Waals surface area contributed by atoms with Crippen LogP contribution in [0.4, 0.5) is 5.69 Å². The zero-order chi connectivity index (χ0) is 19.2. The predicted octanol–water partition coefficient (Wildman–Crippen LogP) is 0.886. The van der Waals surface area contributed by atoms with Crippen molar-refractivity contribution in [3.05, 3.63) is 60.2 Å². The number of carbonyl (C=O) groups is 3. The number of fused-ring (bicyclic) bond motifs is 1. The molecule has 3 rings (SSSR count). The molecule has 0 aliphatic carbocycles. The van der Waals surface area contributed by atoms with Crippen LogP contribution in [0.3, 0.4) is 0 Å². The molecule has 1 heterocycles. The molecule has 0 fully saturated rings. The second kappa shape index (κ2) is 8.35. The summed E-state index contributed by atoms with van der Waals surface area (Å²) in [6.45, 7) is -0.0649. The number of nitrogens with one attached hydrogen (secondary N) is 2. The van der Waals surface area contributed by atoms with E-state index >= 15 is 0 Å². The maximum absolute atomic E-state index is 12.7. The zero-order valence-electron chi connectivity index (χ0n) is 15.0. The van der Waals surface area contributed by atoms with Crippen LogP contribution in [0.15, 0.2) is 54.6 Å². The number of rotatable bonds is 5. The molecule has 2 N–H and O–H groups in total. The predicted molar refractivity (Wildman–Crippen MR) is 100 cm³/mol. The summed E-state index contributed by atoms with van der Waals surface area (Å²) in [6.07, 6.45) is -0.594. The Balaban J connectivity index is 1.66. The molecule has 1 aliphatic rings. The van der Waals surface area contributed by atoms with Gasteiger partial charge in [0.15, 0.2) is 6.10 Å². The van der Waals surface area contributed by atoms with E-state index in [1.807, 2.05) is 30.3 Å². The van der Waals surface area contributed by atoms with E-state index in [0.29, 0.717) is 11.4 Å². The van der Waals surface area contributed by atoms with Crippen LogP contribution in [0, 0.1) is 0 Å². The number of ether oxygens (including phenoxy) is 1. The van der Waals surface area contributed by atoms with Gasteiger partial charge in [-0.1, -0.05) is 42.5 Å². The summed E-state index contributed by atoms with van der Waals surface area (Å²) in [5.74, 6) is -0.392. The molecule has 7 nitrogen and oxygen atoms in total. The Labute approximate surface area is 157 Å². The fourth-order valence-corrected chi connectivity index (χ4v) is 2.88. The van der Waals surface area contributed by atoms with Gasteiger partial charge in [0.05, 0.1) is 25.2 Å². The molecule has 1 atom stereocenters. The Kier molecular flexibility index (Phi) is 5.71. The van der Waals surface area contributed by atoms with Crippen LogP contribution in [-0.4, -0.2) is 44.0 Å². The molecule has 140 valence electrons. The molecule has 3 amide bonds. The summed E-state index contributed by atoms with van der Waals surface area (Å²) < 4.78 is 5.68. The molecule has 0 saturated heterocycles. The number of carbonyl (C=O) groups excluding carboxylic acids is 3. The smallest absolute Gasteiger partial charge is 0.262 e. The Bertz CT molecular complexity index is 838. The van der Waals surface area contributed by atoms with Gasteiger partial charge in [-0.2, -0.15) is 0 Å². The van der Waals surface area contributed by atoms with E-state index < -0.39 is 6.10 Å². The molecule has 0 unspecified atom stereocenters. The average Bonchev–Trinajstić information content (AvgIpc) is 2.71. The first-order valence-corrected chi connectivity index (χ1v) is 8.66. The van der Waals surface area contributed by atoms with Gasteiger partial charge < -0.3 is 20.3 Å². The van der Waals surface area contributed by atoms with E-state index in [1.54, 1.807) is 24.3 Å². The largest absolute Gasteiger partial charge is 0.477 e. The Morgan fingerprint density at radius 2 is 1.78 bits per heavy atom. The van der Waals surface area contributed by atoms with Gasteiger partial charge in [0.1, 0.15) is 5.75 Å². The van der Waals surface area contributed by atoms with Crippen molar-refractivity contribution in [3.8, 4) is 5.75 Å². The van der Waals surface area contributed by atoms with Crippen molar-refractivity contribution in [1.29, 1.82) is 0 Å². The van der Waals surface area contributed by atoms with Gasteiger partial charge in [0, 0.05) is 7.05 Å². The van der Waals surface area contributed by atoms with Crippen LogP contribution in [0.1, 0.15) is 5.56 Å². The van der Waals surface area contributed by atoms with Crippen molar-refractivity contribution in [1.82, 2.24) is 10.6 Å². The van der Waals surface area contributed by atoms with Gasteiger partial charge in [-0.25, -0.2) is 0 Å². The summed E-state index contributed by atoms with van der Waals surface area (Å²) >= 11 is 0. The highest BCUT2D eigenvalue weighted by atomic mass is 16.5. The summed E-state index contributed by atoms with van der Waals surface area (Å²) in [5.41, 5.74) is 1.46. The van der Waals surface area contributed by atoms with E-state index in [0.717, 1.165) is 5.56 Å². The van der Waals surface area contributed by atoms with Crippen LogP contribution >= 0.6 is 0 Å². The molecule has 0 bridgehead atoms. The molecule has 27 heavy (non-hydrogen) atoms. The minimum absolute atomic E-state index is 0.0874. The summed E-state index contributed by atoms with van der Waals surface area (Å²) in [7, 11) is 1.52. The third-order valence-corrected chi connectivity index (χ3v) is 4.26. The second-order valence-electron chi connectivity index (χ2n) is 6.13. The number of nitrogens with zero attached hydrogens (tertiary/aromatic N) is 1. The molecule has 2 aromatic carbocycles. The number of anilines is 1. The fraction of sp³-hybridized carbons (Fsp3) is 0.250. The number of para-hydroxylation sites is 2. The topological polar surface area (TPSA) is 87.7 Å². The summed E-state index contributed by atoms with van der Waals surface area (Å²) in [4.78, 5) is 38.2. The van der Waals surface area contributed by atoms with Crippen LogP contribution in [0.25, 0.3) is 0 Å². The highest BCUT2D eigenvalue weighted by Crippen LogP contribution is 2.33. The monoisotopic (exact) mass is 367 g/mol. The quantitative estimate of drug-likeness (QED) is 0.821. The minimum Gasteiger partial charge on any atom is -0.477 e. The molecule has 0 saturated carbocycles. The summed E-state index contributed by atoms with van der Waals surface area (Å²) in [5, 5.41) is 5.18. The number of hydrogen-bond acceptors (Lipinski definition) is 4. The van der Waals surface area contributed by atoms with Gasteiger partial charge in [-0.3, -0.25) is 14.4 Å². The molecular weight excluding hydrogens is 346 g/mol. The number of amides is 3. The molecule has 0 aromatic heterocycles. The Morgan fingerprint density at radius 3 is 2.52 bits per heavy atom. The van der Waals surface area contributed by atoms with E-state index in [2.05, 4.69) is 10.6 Å². The highest BCUT2D eigenvalue weighted by Gasteiger charge is 2.33. The standard InChI is InChI=1S/C20H21N3O4/c1-21-20(26)17-13-23(15-9-5-6-10-16(15)27-17)19(25)12-22-18(24)11-14-7-3-2-4-8-14/h2-10,17H,11-13H2,1H3,(H,21,26)(H,22,24)/t17-/m0/s1. The lowest BCUT2D eigenvalue weighted by atomic mass is 10.1. The van der Waals surface area contributed by atoms with Gasteiger partial charge in [0.25, 0.3) is 5.91 Å². The first kappa shape index (κ1) is 18.4. The fourth-order valence-electron chi connectivity index (χ4n) is 2.88. The number of hydrogen-bond donors (Lipinski definition) is 2. The lowest BCUT2D eigenvalue weighted by Crippen LogP contribution is -2.52. The minimum atomic E-state index is -0.797. The van der Waals surface area contributed by atoms with Crippen LogP contribution < -0.4 is 20.3 Å². The van der Waals surface area contributed by atoms with Gasteiger partial charge >= 0.3 is 0 Å². The van der Waals surface area contributed by atoms with E-state index in [1.165, 1.54) is 11.9 Å². The van der Waals surface area contributed by atoms with Crippen LogP contribution in [-0.2, 0) is 20.8 Å². The third kappa shape index (κ3) is 4.44. The van der Waals surface area contributed by atoms with E-state index in [4.69, 9.17) is 4.74 Å². The van der Waals surface area contributed by atoms with Gasteiger partial charge in [-0.05, 0) is 17.7 Å². The van der Waals surface area contributed by atoms with Crippen LogP contribution in [0.2, 0.25) is 0 Å². The molecule has 7 heteroatoms. The first-order chi connectivity index (χ1) is 13.1. The Morgan fingerprint density at radius 1 is 1.07 bits per heavy atom. The molecule has 1 aliphatic heterocycles. The van der Waals surface area contributed by atoms with E-state index in [-0.39, 0.29) is 37.2 Å². The number of benzene rings is 2. The maximum atomic E-state index is 12.7. The lowest BCUT2D eigenvalue weighted by Gasteiger charge is -2.34. The molecule has 0 radical (unpaired) electrons. The number of likely N-dealkylation sites (N-methyl/N-ethyl adjacent to an activating group) is 1. The maximum Gasteiger partial charge on any atom is 0.262 e. The average molecular weight is 367 g/mol. The van der Waals surface area contributed by atoms with Crippen molar-refractivity contribution in [2.75, 3.05) is 25.0 Å². The molecule has 0 spiro atoms. The van der Waals surface area contributed by atoms with E-state index in [9.17, 15) is 14.4 Å². The highest BCUT2D eigenvalue weighted by molar-refractivity contribution is 5.99. The third-order valence-electron chi connectivity index (χ3n) is 4.26. The molecular formula is C20H21N3O4. The van der Waals surface area contributed by atoms with Crippen molar-refractivity contribution in [2.45, 2.75) is 12.5 Å². The van der Waals surface area contributed by atoms with Crippen LogP contribution in [0.5, 0.6) is 5.75 Å². The lowest BCUT2D eigenvalue weighted by molar-refractivity contribution is -0.128. The van der Waals surface area contributed by atoms with Crippen molar-refractivity contribution < 1.29 is 19.1 Å².